The fraction of sp³-hybridized carbons (Fsp3) is 0.750. The first-order chi connectivity index (χ1) is 8.79. The summed E-state index contributed by atoms with van der Waals surface area (Å²) in [5, 5.41) is 0.204. The van der Waals surface area contributed by atoms with E-state index in [0.717, 1.165) is 19.5 Å². The van der Waals surface area contributed by atoms with Crippen LogP contribution < -0.4 is 9.64 Å². The van der Waals surface area contributed by atoms with Gasteiger partial charge in [0.2, 0.25) is 11.2 Å². The van der Waals surface area contributed by atoms with Crippen molar-refractivity contribution in [3.63, 3.8) is 0 Å². The maximum Gasteiger partial charge on any atom is 0.322 e. The van der Waals surface area contributed by atoms with Crippen LogP contribution in [0.15, 0.2) is 0 Å². The highest BCUT2D eigenvalue weighted by Gasteiger charge is 2.15. The number of hydrogen-bond donors (Lipinski definition) is 0. The molecule has 0 saturated carbocycles. The lowest BCUT2D eigenvalue weighted by Gasteiger charge is -2.20. The minimum atomic E-state index is 0.204. The van der Waals surface area contributed by atoms with E-state index in [2.05, 4.69) is 19.9 Å². The van der Waals surface area contributed by atoms with Gasteiger partial charge in [-0.25, -0.2) is 0 Å². The van der Waals surface area contributed by atoms with Gasteiger partial charge in [0, 0.05) is 13.1 Å². The summed E-state index contributed by atoms with van der Waals surface area (Å²) in [5.41, 5.74) is 0. The van der Waals surface area contributed by atoms with Crippen molar-refractivity contribution in [2.75, 3.05) is 24.6 Å². The van der Waals surface area contributed by atoms with Crippen molar-refractivity contribution in [2.24, 2.45) is 0 Å². The van der Waals surface area contributed by atoms with Gasteiger partial charge in [0.05, 0.1) is 6.61 Å². The Morgan fingerprint density at radius 2 is 1.83 bits per heavy atom. The molecular weight excluding hydrogens is 252 g/mol. The topological polar surface area (TPSA) is 51.1 Å². The standard InChI is InChI=1S/C12H19ClN4O/c1-2-9-18-12-15-10(13)14-11(16-12)17-7-5-3-4-6-8-17/h2-9H2,1H3. The molecule has 2 rings (SSSR count). The molecule has 1 aromatic heterocycles. The van der Waals surface area contributed by atoms with Gasteiger partial charge in [0.1, 0.15) is 0 Å². The van der Waals surface area contributed by atoms with Crippen LogP contribution in [0.5, 0.6) is 6.01 Å². The summed E-state index contributed by atoms with van der Waals surface area (Å²) in [6.07, 6.45) is 5.81. The normalized spacial score (nSPS) is 16.4. The Kier molecular flexibility index (Phi) is 4.99. The molecular formula is C12H19ClN4O. The first kappa shape index (κ1) is 13.3. The van der Waals surface area contributed by atoms with E-state index >= 15 is 0 Å². The number of rotatable bonds is 4. The van der Waals surface area contributed by atoms with Crippen LogP contribution in [0.4, 0.5) is 5.95 Å². The van der Waals surface area contributed by atoms with E-state index in [9.17, 15) is 0 Å². The van der Waals surface area contributed by atoms with Crippen LogP contribution in [0.1, 0.15) is 39.0 Å². The minimum Gasteiger partial charge on any atom is -0.463 e. The monoisotopic (exact) mass is 270 g/mol. The number of aromatic nitrogens is 3. The average Bonchev–Trinajstić information content (AvgIpc) is 2.64. The molecule has 0 aliphatic carbocycles. The SMILES string of the molecule is CCCOc1nc(Cl)nc(N2CCCCCC2)n1. The van der Waals surface area contributed by atoms with Gasteiger partial charge >= 0.3 is 6.01 Å². The molecule has 0 bridgehead atoms. The second-order valence-electron chi connectivity index (χ2n) is 4.44. The molecule has 18 heavy (non-hydrogen) atoms. The Morgan fingerprint density at radius 3 is 2.50 bits per heavy atom. The highest BCUT2D eigenvalue weighted by Crippen LogP contribution is 2.19. The third kappa shape index (κ3) is 3.70. The van der Waals surface area contributed by atoms with E-state index in [-0.39, 0.29) is 5.28 Å². The molecule has 1 aliphatic heterocycles. The van der Waals surface area contributed by atoms with Crippen LogP contribution in [0.2, 0.25) is 5.28 Å². The van der Waals surface area contributed by atoms with Crippen LogP contribution in [0.25, 0.3) is 0 Å². The summed E-state index contributed by atoms with van der Waals surface area (Å²) >= 11 is 5.92. The largest absolute Gasteiger partial charge is 0.463 e. The lowest BCUT2D eigenvalue weighted by atomic mass is 10.2. The van der Waals surface area contributed by atoms with E-state index in [0.29, 0.717) is 18.6 Å². The Morgan fingerprint density at radius 1 is 1.11 bits per heavy atom. The molecule has 5 nitrogen and oxygen atoms in total. The molecule has 1 fully saturated rings. The molecule has 6 heteroatoms. The summed E-state index contributed by atoms with van der Waals surface area (Å²) in [5.74, 6) is 0.642. The van der Waals surface area contributed by atoms with Crippen molar-refractivity contribution in [1.29, 1.82) is 0 Å². The summed E-state index contributed by atoms with van der Waals surface area (Å²) in [7, 11) is 0. The molecule has 0 aromatic carbocycles. The molecule has 100 valence electrons. The van der Waals surface area contributed by atoms with Gasteiger partial charge < -0.3 is 9.64 Å². The lowest BCUT2D eigenvalue weighted by Crippen LogP contribution is -2.26. The van der Waals surface area contributed by atoms with Gasteiger partial charge in [-0.05, 0) is 30.9 Å². The Hall–Kier alpha value is -1.10. The zero-order valence-corrected chi connectivity index (χ0v) is 11.5. The van der Waals surface area contributed by atoms with Crippen LogP contribution in [0, 0.1) is 0 Å². The Balaban J connectivity index is 2.12. The van der Waals surface area contributed by atoms with Gasteiger partial charge in [-0.3, -0.25) is 0 Å². The molecule has 1 aromatic rings. The van der Waals surface area contributed by atoms with Crippen LogP contribution >= 0.6 is 11.6 Å². The Bertz CT molecular complexity index is 380. The van der Waals surface area contributed by atoms with Crippen molar-refractivity contribution in [1.82, 2.24) is 15.0 Å². The van der Waals surface area contributed by atoms with E-state index in [4.69, 9.17) is 16.3 Å². The molecule has 0 atom stereocenters. The Labute approximate surface area is 113 Å². The lowest BCUT2D eigenvalue weighted by molar-refractivity contribution is 0.291. The number of ether oxygens (including phenoxy) is 1. The van der Waals surface area contributed by atoms with Gasteiger partial charge in [-0.15, -0.1) is 0 Å². The third-order valence-corrected chi connectivity index (χ3v) is 3.07. The number of hydrogen-bond acceptors (Lipinski definition) is 5. The summed E-state index contributed by atoms with van der Waals surface area (Å²) in [4.78, 5) is 14.7. The fourth-order valence-electron chi connectivity index (χ4n) is 1.99. The second kappa shape index (κ2) is 6.73. The molecule has 1 aliphatic rings. The first-order valence-electron chi connectivity index (χ1n) is 6.59. The summed E-state index contributed by atoms with van der Waals surface area (Å²) < 4.78 is 5.43. The van der Waals surface area contributed by atoms with Crippen molar-refractivity contribution in [3.8, 4) is 6.01 Å². The molecule has 0 amide bonds. The molecule has 0 radical (unpaired) electrons. The fourth-order valence-corrected chi connectivity index (χ4v) is 2.14. The van der Waals surface area contributed by atoms with Gasteiger partial charge in [0.25, 0.3) is 0 Å². The van der Waals surface area contributed by atoms with Crippen LogP contribution in [-0.4, -0.2) is 34.6 Å². The predicted molar refractivity (Wildman–Crippen MR) is 71.3 cm³/mol. The zero-order chi connectivity index (χ0) is 12.8. The molecule has 0 spiro atoms. The summed E-state index contributed by atoms with van der Waals surface area (Å²) in [6.45, 7) is 4.60. The highest BCUT2D eigenvalue weighted by molar-refractivity contribution is 6.28. The van der Waals surface area contributed by atoms with Crippen LogP contribution in [0.3, 0.4) is 0 Å². The maximum atomic E-state index is 5.92. The van der Waals surface area contributed by atoms with Crippen LogP contribution in [-0.2, 0) is 0 Å². The molecule has 2 heterocycles. The number of anilines is 1. The van der Waals surface area contributed by atoms with Gasteiger partial charge in [-0.2, -0.15) is 15.0 Å². The van der Waals surface area contributed by atoms with Crippen molar-refractivity contribution in [2.45, 2.75) is 39.0 Å². The van der Waals surface area contributed by atoms with Crippen molar-refractivity contribution >= 4 is 17.5 Å². The first-order valence-corrected chi connectivity index (χ1v) is 6.96. The zero-order valence-electron chi connectivity index (χ0n) is 10.7. The number of nitrogens with zero attached hydrogens (tertiary/aromatic N) is 4. The third-order valence-electron chi connectivity index (χ3n) is 2.90. The second-order valence-corrected chi connectivity index (χ2v) is 4.77. The minimum absolute atomic E-state index is 0.204. The number of halogens is 1. The van der Waals surface area contributed by atoms with Gasteiger partial charge in [0.15, 0.2) is 0 Å². The van der Waals surface area contributed by atoms with Crippen molar-refractivity contribution in [3.05, 3.63) is 5.28 Å². The van der Waals surface area contributed by atoms with E-state index in [1.165, 1.54) is 25.7 Å². The predicted octanol–water partition coefficient (Wildman–Crippen LogP) is 2.69. The molecule has 0 unspecified atom stereocenters. The maximum absolute atomic E-state index is 5.92. The van der Waals surface area contributed by atoms with Gasteiger partial charge in [-0.1, -0.05) is 19.8 Å². The summed E-state index contributed by atoms with van der Waals surface area (Å²) in [6, 6.07) is 0.330. The van der Waals surface area contributed by atoms with Crippen molar-refractivity contribution < 1.29 is 4.74 Å². The smallest absolute Gasteiger partial charge is 0.322 e. The van der Waals surface area contributed by atoms with E-state index in [1.54, 1.807) is 0 Å². The molecule has 1 saturated heterocycles. The average molecular weight is 271 g/mol. The molecule has 0 N–H and O–H groups in total. The highest BCUT2D eigenvalue weighted by atomic mass is 35.5. The quantitative estimate of drug-likeness (QED) is 0.842. The van der Waals surface area contributed by atoms with E-state index in [1.807, 2.05) is 6.92 Å². The van der Waals surface area contributed by atoms with E-state index < -0.39 is 0 Å².